The Morgan fingerprint density at radius 2 is 2.12 bits per heavy atom. The third kappa shape index (κ3) is 2.37. The summed E-state index contributed by atoms with van der Waals surface area (Å²) < 4.78 is 0. The number of anilines is 2. The predicted octanol–water partition coefficient (Wildman–Crippen LogP) is 2.61. The quantitative estimate of drug-likeness (QED) is 0.627. The largest absolute Gasteiger partial charge is 0.397 e. The summed E-state index contributed by atoms with van der Waals surface area (Å²) >= 11 is 0. The van der Waals surface area contributed by atoms with Gasteiger partial charge in [0, 0.05) is 12.4 Å². The first-order valence-electron chi connectivity index (χ1n) is 5.32. The molecule has 17 heavy (non-hydrogen) atoms. The third-order valence-corrected chi connectivity index (χ3v) is 2.60. The number of nitrogens with one attached hydrogen (secondary N) is 1. The van der Waals surface area contributed by atoms with Gasteiger partial charge in [0.15, 0.2) is 0 Å². The van der Waals surface area contributed by atoms with E-state index in [1.165, 1.54) is 0 Å². The van der Waals surface area contributed by atoms with Crippen LogP contribution in [0.1, 0.15) is 5.56 Å². The van der Waals surface area contributed by atoms with Gasteiger partial charge in [0.25, 0.3) is 0 Å². The first kappa shape index (κ1) is 11.4. The van der Waals surface area contributed by atoms with E-state index in [4.69, 9.17) is 10.6 Å². The van der Waals surface area contributed by atoms with E-state index < -0.39 is 0 Å². The molecule has 0 unspecified atom stereocenters. The second kappa shape index (κ2) is 4.84. The molecule has 0 fully saturated rings. The van der Waals surface area contributed by atoms with Gasteiger partial charge in [0.1, 0.15) is 0 Å². The highest BCUT2D eigenvalue weighted by Gasteiger charge is 2.05. The Kier molecular flexibility index (Phi) is 3.25. The fourth-order valence-corrected chi connectivity index (χ4v) is 1.72. The van der Waals surface area contributed by atoms with Crippen LogP contribution in [0, 0.1) is 6.92 Å². The summed E-state index contributed by atoms with van der Waals surface area (Å²) in [7, 11) is 1.56. The lowest BCUT2D eigenvalue weighted by atomic mass is 10.0. The summed E-state index contributed by atoms with van der Waals surface area (Å²) in [6.45, 7) is 2.03. The third-order valence-electron chi connectivity index (χ3n) is 2.60. The number of nitrogens with two attached hydrogens (primary N) is 1. The number of nitrogens with zero attached hydrogens (tertiary/aromatic N) is 1. The fourth-order valence-electron chi connectivity index (χ4n) is 1.72. The molecule has 2 aromatic rings. The molecule has 1 aromatic carbocycles. The van der Waals surface area contributed by atoms with Crippen LogP contribution in [0.3, 0.4) is 0 Å². The zero-order valence-corrected chi connectivity index (χ0v) is 9.90. The summed E-state index contributed by atoms with van der Waals surface area (Å²) in [6.07, 6.45) is 3.62. The Labute approximate surface area is 100 Å². The van der Waals surface area contributed by atoms with Gasteiger partial charge in [-0.2, -0.15) is 0 Å². The first-order chi connectivity index (χ1) is 8.22. The number of aromatic nitrogens is 1. The molecule has 0 aliphatic carbocycles. The SMILES string of the molecule is CONc1cc(-c2ccncc2C)ccc1N. The second-order valence-corrected chi connectivity index (χ2v) is 3.80. The van der Waals surface area contributed by atoms with Crippen LogP contribution in [-0.2, 0) is 4.84 Å². The van der Waals surface area contributed by atoms with Crippen LogP contribution in [0.15, 0.2) is 36.7 Å². The second-order valence-electron chi connectivity index (χ2n) is 3.80. The number of pyridine rings is 1. The summed E-state index contributed by atoms with van der Waals surface area (Å²) in [5.74, 6) is 0. The lowest BCUT2D eigenvalue weighted by Crippen LogP contribution is -2.00. The van der Waals surface area contributed by atoms with Crippen LogP contribution in [-0.4, -0.2) is 12.1 Å². The molecule has 1 aromatic heterocycles. The van der Waals surface area contributed by atoms with Crippen LogP contribution in [0.25, 0.3) is 11.1 Å². The maximum Gasteiger partial charge on any atom is 0.0839 e. The maximum absolute atomic E-state index is 5.84. The number of benzene rings is 1. The molecule has 1 heterocycles. The molecule has 0 atom stereocenters. The molecule has 3 N–H and O–H groups in total. The zero-order chi connectivity index (χ0) is 12.3. The zero-order valence-electron chi connectivity index (χ0n) is 9.90. The Bertz CT molecular complexity index is 526. The lowest BCUT2D eigenvalue weighted by Gasteiger charge is -2.10. The van der Waals surface area contributed by atoms with E-state index in [0.717, 1.165) is 22.4 Å². The topological polar surface area (TPSA) is 60.2 Å². The van der Waals surface area contributed by atoms with E-state index in [0.29, 0.717) is 5.69 Å². The Morgan fingerprint density at radius 3 is 2.82 bits per heavy atom. The fraction of sp³-hybridized carbons (Fsp3) is 0.154. The van der Waals surface area contributed by atoms with Gasteiger partial charge in [0.2, 0.25) is 0 Å². The van der Waals surface area contributed by atoms with E-state index in [9.17, 15) is 0 Å². The standard InChI is InChI=1S/C13H15N3O/c1-9-8-15-6-5-11(9)10-3-4-12(14)13(7-10)16-17-2/h3-8,16H,14H2,1-2H3. The van der Waals surface area contributed by atoms with Crippen LogP contribution in [0.5, 0.6) is 0 Å². The molecule has 0 saturated heterocycles. The van der Waals surface area contributed by atoms with Crippen molar-refractivity contribution < 1.29 is 4.84 Å². The van der Waals surface area contributed by atoms with E-state index >= 15 is 0 Å². The minimum absolute atomic E-state index is 0.655. The van der Waals surface area contributed by atoms with Crippen molar-refractivity contribution in [3.63, 3.8) is 0 Å². The van der Waals surface area contributed by atoms with Crippen molar-refractivity contribution in [2.45, 2.75) is 6.92 Å². The minimum atomic E-state index is 0.655. The van der Waals surface area contributed by atoms with Crippen molar-refractivity contribution in [1.29, 1.82) is 0 Å². The smallest absolute Gasteiger partial charge is 0.0839 e. The van der Waals surface area contributed by atoms with Gasteiger partial charge >= 0.3 is 0 Å². The molecule has 0 spiro atoms. The highest BCUT2D eigenvalue weighted by molar-refractivity contribution is 5.76. The molecule has 0 aliphatic rings. The lowest BCUT2D eigenvalue weighted by molar-refractivity contribution is 0.271. The maximum atomic E-state index is 5.84. The molecule has 0 aliphatic heterocycles. The van der Waals surface area contributed by atoms with Crippen molar-refractivity contribution in [2.24, 2.45) is 0 Å². The predicted molar refractivity (Wildman–Crippen MR) is 69.5 cm³/mol. The van der Waals surface area contributed by atoms with Gasteiger partial charge < -0.3 is 5.73 Å². The molecule has 88 valence electrons. The van der Waals surface area contributed by atoms with Crippen molar-refractivity contribution in [2.75, 3.05) is 18.3 Å². The van der Waals surface area contributed by atoms with Gasteiger partial charge in [-0.05, 0) is 41.8 Å². The van der Waals surface area contributed by atoms with Crippen molar-refractivity contribution >= 4 is 11.4 Å². The van der Waals surface area contributed by atoms with Gasteiger partial charge in [-0.1, -0.05) is 6.07 Å². The van der Waals surface area contributed by atoms with Crippen LogP contribution in [0.4, 0.5) is 11.4 Å². The molecule has 4 nitrogen and oxygen atoms in total. The van der Waals surface area contributed by atoms with E-state index in [2.05, 4.69) is 10.5 Å². The van der Waals surface area contributed by atoms with Crippen LogP contribution in [0.2, 0.25) is 0 Å². The van der Waals surface area contributed by atoms with Gasteiger partial charge in [-0.25, -0.2) is 0 Å². The highest BCUT2D eigenvalue weighted by Crippen LogP contribution is 2.28. The minimum Gasteiger partial charge on any atom is -0.397 e. The van der Waals surface area contributed by atoms with Crippen molar-refractivity contribution in [1.82, 2.24) is 4.98 Å². The molecular formula is C13H15N3O. The molecule has 0 saturated carbocycles. The molecule has 0 amide bonds. The summed E-state index contributed by atoms with van der Waals surface area (Å²) in [5.41, 5.74) is 13.4. The van der Waals surface area contributed by atoms with Crippen molar-refractivity contribution in [3.8, 4) is 11.1 Å². The Hall–Kier alpha value is -2.07. The van der Waals surface area contributed by atoms with Crippen LogP contribution < -0.4 is 11.2 Å². The average molecular weight is 229 g/mol. The van der Waals surface area contributed by atoms with E-state index in [-0.39, 0.29) is 0 Å². The van der Waals surface area contributed by atoms with Gasteiger partial charge in [-0.15, -0.1) is 0 Å². The number of aryl methyl sites for hydroxylation is 1. The summed E-state index contributed by atoms with van der Waals surface area (Å²) in [6, 6.07) is 7.79. The van der Waals surface area contributed by atoms with Gasteiger partial charge in [0.05, 0.1) is 18.5 Å². The Balaban J connectivity index is 2.46. The molecule has 2 rings (SSSR count). The Morgan fingerprint density at radius 1 is 1.29 bits per heavy atom. The monoisotopic (exact) mass is 229 g/mol. The number of nitrogen functional groups attached to an aromatic ring is 1. The number of rotatable bonds is 3. The normalized spacial score (nSPS) is 10.2. The molecule has 0 bridgehead atoms. The average Bonchev–Trinajstić information content (AvgIpc) is 2.33. The molecular weight excluding hydrogens is 214 g/mol. The number of hydrogen-bond donors (Lipinski definition) is 2. The molecule has 0 radical (unpaired) electrons. The molecule has 4 heteroatoms. The summed E-state index contributed by atoms with van der Waals surface area (Å²) in [5, 5.41) is 0. The van der Waals surface area contributed by atoms with E-state index in [1.54, 1.807) is 13.3 Å². The summed E-state index contributed by atoms with van der Waals surface area (Å²) in [4.78, 5) is 8.97. The number of hydrogen-bond acceptors (Lipinski definition) is 4. The van der Waals surface area contributed by atoms with Crippen molar-refractivity contribution in [3.05, 3.63) is 42.2 Å². The van der Waals surface area contributed by atoms with E-state index in [1.807, 2.05) is 37.4 Å². The highest BCUT2D eigenvalue weighted by atomic mass is 16.6. The van der Waals surface area contributed by atoms with Gasteiger partial charge in [-0.3, -0.25) is 15.3 Å². The first-order valence-corrected chi connectivity index (χ1v) is 5.32. The van der Waals surface area contributed by atoms with Crippen LogP contribution >= 0.6 is 0 Å².